The summed E-state index contributed by atoms with van der Waals surface area (Å²) in [4.78, 5) is 20.3. The average molecular weight is 409 g/mol. The van der Waals surface area contributed by atoms with E-state index >= 15 is 0 Å². The first-order chi connectivity index (χ1) is 14.0. The van der Waals surface area contributed by atoms with Gasteiger partial charge in [-0.05, 0) is 74.9 Å². The van der Waals surface area contributed by atoms with Crippen molar-refractivity contribution in [1.82, 2.24) is 4.90 Å². The molecule has 0 aliphatic carbocycles. The number of nitrogens with zero attached hydrogens (tertiary/aromatic N) is 2. The van der Waals surface area contributed by atoms with Crippen molar-refractivity contribution in [1.29, 1.82) is 0 Å². The second kappa shape index (κ2) is 9.79. The Bertz CT molecular complexity index is 899. The van der Waals surface area contributed by atoms with E-state index in [2.05, 4.69) is 13.8 Å². The summed E-state index contributed by atoms with van der Waals surface area (Å²) in [6.45, 7) is 8.87. The van der Waals surface area contributed by atoms with Gasteiger partial charge in [0.25, 0.3) is 5.91 Å². The van der Waals surface area contributed by atoms with Crippen molar-refractivity contribution in [2.45, 2.75) is 46.6 Å². The number of unbranched alkanes of at least 4 members (excludes halogenated alkanes) is 1. The predicted octanol–water partition coefficient (Wildman–Crippen LogP) is 6.19. The van der Waals surface area contributed by atoms with E-state index in [4.69, 9.17) is 9.73 Å². The molecule has 3 rings (SSSR count). The summed E-state index contributed by atoms with van der Waals surface area (Å²) in [5.74, 6) is 0.857. The van der Waals surface area contributed by atoms with Crippen LogP contribution in [0.4, 0.5) is 5.69 Å². The van der Waals surface area contributed by atoms with Gasteiger partial charge in [-0.2, -0.15) is 0 Å². The van der Waals surface area contributed by atoms with E-state index in [9.17, 15) is 4.79 Å². The number of aliphatic imine (C=N–C) groups is 1. The van der Waals surface area contributed by atoms with Gasteiger partial charge in [0.1, 0.15) is 5.75 Å². The average Bonchev–Trinajstić information content (AvgIpc) is 2.97. The molecule has 0 radical (unpaired) electrons. The molecule has 1 saturated heterocycles. The molecular weight excluding hydrogens is 380 g/mol. The van der Waals surface area contributed by atoms with Gasteiger partial charge < -0.3 is 4.74 Å². The third-order valence-corrected chi connectivity index (χ3v) is 5.44. The lowest BCUT2D eigenvalue weighted by atomic mass is 10.2. The van der Waals surface area contributed by atoms with Crippen molar-refractivity contribution in [3.8, 4) is 5.75 Å². The maximum absolute atomic E-state index is 13.0. The highest BCUT2D eigenvalue weighted by Crippen LogP contribution is 2.34. The molecule has 2 aromatic carbocycles. The van der Waals surface area contributed by atoms with Gasteiger partial charge in [-0.1, -0.05) is 43.2 Å². The third kappa shape index (κ3) is 5.73. The zero-order chi connectivity index (χ0) is 20.8. The summed E-state index contributed by atoms with van der Waals surface area (Å²) < 4.78 is 5.69. The second-order valence-electron chi connectivity index (χ2n) is 7.39. The van der Waals surface area contributed by atoms with Crippen molar-refractivity contribution in [3.63, 3.8) is 0 Å². The molecule has 152 valence electrons. The lowest BCUT2D eigenvalue weighted by Crippen LogP contribution is -2.30. The first kappa shape index (κ1) is 21.2. The van der Waals surface area contributed by atoms with E-state index < -0.39 is 0 Å². The molecule has 0 aromatic heterocycles. The largest absolute Gasteiger partial charge is 0.491 e. The minimum atomic E-state index is 0.0248. The highest BCUT2D eigenvalue weighted by atomic mass is 32.2. The van der Waals surface area contributed by atoms with Crippen LogP contribution < -0.4 is 4.74 Å². The first-order valence-corrected chi connectivity index (χ1v) is 10.9. The highest BCUT2D eigenvalue weighted by Gasteiger charge is 2.32. The molecule has 0 unspecified atom stereocenters. The van der Waals surface area contributed by atoms with E-state index in [1.807, 2.05) is 68.5 Å². The monoisotopic (exact) mass is 408 g/mol. The van der Waals surface area contributed by atoms with Crippen LogP contribution in [0.1, 0.15) is 44.7 Å². The van der Waals surface area contributed by atoms with Gasteiger partial charge in [-0.3, -0.25) is 9.69 Å². The van der Waals surface area contributed by atoms with Crippen molar-refractivity contribution in [2.24, 2.45) is 4.99 Å². The molecule has 1 fully saturated rings. The Morgan fingerprint density at radius 1 is 1.10 bits per heavy atom. The fourth-order valence-electron chi connectivity index (χ4n) is 2.90. The lowest BCUT2D eigenvalue weighted by molar-refractivity contribution is -0.122. The van der Waals surface area contributed by atoms with Crippen LogP contribution in [0, 0.1) is 6.92 Å². The minimum Gasteiger partial charge on any atom is -0.491 e. The van der Waals surface area contributed by atoms with Crippen LogP contribution in [0.2, 0.25) is 0 Å². The van der Waals surface area contributed by atoms with Crippen molar-refractivity contribution in [3.05, 3.63) is 64.6 Å². The third-order valence-electron chi connectivity index (χ3n) is 4.43. The van der Waals surface area contributed by atoms with Crippen LogP contribution in [-0.4, -0.2) is 28.6 Å². The lowest BCUT2D eigenvalue weighted by Gasteiger charge is -2.14. The Balaban J connectivity index is 1.85. The molecule has 1 amide bonds. The summed E-state index contributed by atoms with van der Waals surface area (Å²) in [5.41, 5.74) is 3.03. The topological polar surface area (TPSA) is 41.9 Å². The van der Waals surface area contributed by atoms with Crippen molar-refractivity contribution < 1.29 is 9.53 Å². The first-order valence-electron chi connectivity index (χ1n) is 10.1. The van der Waals surface area contributed by atoms with Crippen LogP contribution >= 0.6 is 11.8 Å². The number of amidine groups is 1. The molecule has 4 nitrogen and oxygen atoms in total. The Hall–Kier alpha value is -2.53. The summed E-state index contributed by atoms with van der Waals surface area (Å²) >= 11 is 1.44. The number of thioether (sulfide) groups is 1. The number of benzene rings is 2. The Morgan fingerprint density at radius 2 is 1.79 bits per heavy atom. The molecule has 1 aliphatic heterocycles. The SMILES string of the molecule is CCCCN1C(=O)/C(=C\c2ccc(OC(C)C)cc2)SC1=Nc1ccc(C)cc1. The number of carbonyl (C=O) groups excluding carboxylic acids is 1. The molecule has 0 bridgehead atoms. The van der Waals surface area contributed by atoms with Gasteiger partial charge >= 0.3 is 0 Å². The van der Waals surface area contributed by atoms with Gasteiger partial charge in [0.05, 0.1) is 16.7 Å². The smallest absolute Gasteiger partial charge is 0.266 e. The van der Waals surface area contributed by atoms with Gasteiger partial charge in [0.15, 0.2) is 5.17 Å². The number of hydrogen-bond acceptors (Lipinski definition) is 4. The molecule has 2 aromatic rings. The van der Waals surface area contributed by atoms with E-state index in [1.54, 1.807) is 4.90 Å². The number of rotatable bonds is 7. The van der Waals surface area contributed by atoms with E-state index in [0.29, 0.717) is 11.4 Å². The fourth-order valence-corrected chi connectivity index (χ4v) is 3.93. The van der Waals surface area contributed by atoms with Gasteiger partial charge in [0, 0.05) is 6.54 Å². The zero-order valence-corrected chi connectivity index (χ0v) is 18.3. The molecule has 5 heteroatoms. The van der Waals surface area contributed by atoms with Crippen LogP contribution in [0.25, 0.3) is 6.08 Å². The number of ether oxygens (including phenoxy) is 1. The number of amides is 1. The normalized spacial score (nSPS) is 17.0. The van der Waals surface area contributed by atoms with Crippen LogP contribution in [0.15, 0.2) is 58.4 Å². The minimum absolute atomic E-state index is 0.0248. The summed E-state index contributed by atoms with van der Waals surface area (Å²) in [5, 5.41) is 0.748. The molecule has 1 aliphatic rings. The van der Waals surface area contributed by atoms with E-state index in [-0.39, 0.29) is 12.0 Å². The Morgan fingerprint density at radius 3 is 2.41 bits per heavy atom. The number of carbonyl (C=O) groups is 1. The van der Waals surface area contributed by atoms with Crippen molar-refractivity contribution in [2.75, 3.05) is 6.54 Å². The zero-order valence-electron chi connectivity index (χ0n) is 17.5. The maximum Gasteiger partial charge on any atom is 0.266 e. The number of aryl methyl sites for hydroxylation is 1. The maximum atomic E-state index is 13.0. The van der Waals surface area contributed by atoms with Crippen LogP contribution in [-0.2, 0) is 4.79 Å². The molecule has 0 N–H and O–H groups in total. The predicted molar refractivity (Wildman–Crippen MR) is 123 cm³/mol. The Labute approximate surface area is 177 Å². The van der Waals surface area contributed by atoms with Crippen molar-refractivity contribution >= 4 is 34.6 Å². The van der Waals surface area contributed by atoms with E-state index in [1.165, 1.54) is 17.3 Å². The molecule has 0 atom stereocenters. The molecular formula is C24H28N2O2S. The summed E-state index contributed by atoms with van der Waals surface area (Å²) in [6.07, 6.45) is 4.05. The quantitative estimate of drug-likeness (QED) is 0.513. The molecule has 29 heavy (non-hydrogen) atoms. The molecule has 1 heterocycles. The summed E-state index contributed by atoms with van der Waals surface area (Å²) in [6, 6.07) is 15.9. The van der Waals surface area contributed by atoms with Crippen LogP contribution in [0.5, 0.6) is 5.75 Å². The fraction of sp³-hybridized carbons (Fsp3) is 0.333. The Kier molecular flexibility index (Phi) is 7.15. The summed E-state index contributed by atoms with van der Waals surface area (Å²) in [7, 11) is 0. The second-order valence-corrected chi connectivity index (χ2v) is 8.40. The van der Waals surface area contributed by atoms with Gasteiger partial charge in [0.2, 0.25) is 0 Å². The highest BCUT2D eigenvalue weighted by molar-refractivity contribution is 8.18. The van der Waals surface area contributed by atoms with Crippen LogP contribution in [0.3, 0.4) is 0 Å². The van der Waals surface area contributed by atoms with Gasteiger partial charge in [-0.15, -0.1) is 0 Å². The van der Waals surface area contributed by atoms with E-state index in [0.717, 1.165) is 35.0 Å². The molecule has 0 saturated carbocycles. The molecule has 0 spiro atoms. The van der Waals surface area contributed by atoms with Gasteiger partial charge in [-0.25, -0.2) is 4.99 Å². The number of hydrogen-bond donors (Lipinski definition) is 0. The standard InChI is InChI=1S/C24H28N2O2S/c1-5-6-15-26-23(27)22(16-19-9-13-21(14-10-19)28-17(2)3)29-24(26)25-20-11-7-18(4)8-12-20/h7-14,16-17H,5-6,15H2,1-4H3/b22-16+,25-24?.